The van der Waals surface area contributed by atoms with Crippen molar-refractivity contribution in [3.63, 3.8) is 0 Å². The Hall–Kier alpha value is -2.01. The molecule has 0 radical (unpaired) electrons. The van der Waals surface area contributed by atoms with Gasteiger partial charge in [-0.15, -0.1) is 0 Å². The molecule has 0 spiro atoms. The van der Waals surface area contributed by atoms with Gasteiger partial charge in [0.05, 0.1) is 35.3 Å². The fourth-order valence-electron chi connectivity index (χ4n) is 2.04. The Morgan fingerprint density at radius 3 is 2.80 bits per heavy atom. The summed E-state index contributed by atoms with van der Waals surface area (Å²) in [5, 5.41) is 4.15. The number of esters is 1. The van der Waals surface area contributed by atoms with Crippen molar-refractivity contribution in [1.29, 1.82) is 0 Å². The van der Waals surface area contributed by atoms with Crippen molar-refractivity contribution in [2.75, 3.05) is 26.1 Å². The molecule has 20 heavy (non-hydrogen) atoms. The summed E-state index contributed by atoms with van der Waals surface area (Å²) >= 11 is 6.15. The molecule has 1 N–H and O–H groups in total. The number of pyridine rings is 1. The summed E-state index contributed by atoms with van der Waals surface area (Å²) in [5.41, 5.74) is 1.51. The number of anilines is 1. The Kier molecular flexibility index (Phi) is 4.29. The zero-order valence-electron chi connectivity index (χ0n) is 11.5. The van der Waals surface area contributed by atoms with Gasteiger partial charge in [0, 0.05) is 13.2 Å². The molecule has 0 saturated carbocycles. The first-order valence-corrected chi connectivity index (χ1v) is 6.51. The third-order valence-electron chi connectivity index (χ3n) is 2.90. The molecule has 5 nitrogen and oxygen atoms in total. The Morgan fingerprint density at radius 2 is 2.20 bits per heavy atom. The van der Waals surface area contributed by atoms with Crippen LogP contribution in [-0.4, -0.2) is 31.7 Å². The zero-order chi connectivity index (χ0) is 14.7. The van der Waals surface area contributed by atoms with E-state index in [1.807, 2.05) is 0 Å². The number of methoxy groups -OCH3 is 1. The second-order valence-corrected chi connectivity index (χ2v) is 4.40. The molecule has 0 unspecified atom stereocenters. The smallest absolute Gasteiger partial charge is 0.341 e. The minimum Gasteiger partial charge on any atom is -0.496 e. The minimum atomic E-state index is -0.437. The number of nitrogens with one attached hydrogen (secondary N) is 1. The highest BCUT2D eigenvalue weighted by Gasteiger charge is 2.19. The molecule has 0 fully saturated rings. The first-order valence-electron chi connectivity index (χ1n) is 6.14. The maximum Gasteiger partial charge on any atom is 0.341 e. The molecule has 0 aliphatic carbocycles. The van der Waals surface area contributed by atoms with Crippen LogP contribution in [0.1, 0.15) is 17.3 Å². The molecule has 0 amide bonds. The first-order chi connectivity index (χ1) is 9.63. The molecule has 1 aromatic carbocycles. The molecule has 0 aliphatic rings. The van der Waals surface area contributed by atoms with E-state index in [1.54, 1.807) is 33.2 Å². The van der Waals surface area contributed by atoms with Crippen LogP contribution in [0.3, 0.4) is 0 Å². The topological polar surface area (TPSA) is 60.5 Å². The lowest BCUT2D eigenvalue weighted by molar-refractivity contribution is 0.0527. The lowest BCUT2D eigenvalue weighted by Gasteiger charge is -2.14. The molecule has 106 valence electrons. The number of carbonyl (C=O) groups excluding carboxylic acids is 1. The molecule has 0 saturated heterocycles. The van der Waals surface area contributed by atoms with Gasteiger partial charge in [0.15, 0.2) is 0 Å². The normalized spacial score (nSPS) is 10.4. The quantitative estimate of drug-likeness (QED) is 0.878. The van der Waals surface area contributed by atoms with Gasteiger partial charge in [-0.2, -0.15) is 0 Å². The summed E-state index contributed by atoms with van der Waals surface area (Å²) in [5.74, 6) is 0.153. The van der Waals surface area contributed by atoms with E-state index < -0.39 is 5.97 Å². The highest BCUT2D eigenvalue weighted by molar-refractivity contribution is 6.36. The van der Waals surface area contributed by atoms with Crippen LogP contribution in [-0.2, 0) is 4.74 Å². The summed E-state index contributed by atoms with van der Waals surface area (Å²) in [7, 11) is 3.27. The van der Waals surface area contributed by atoms with Crippen molar-refractivity contribution < 1.29 is 14.3 Å². The molecular weight excluding hydrogens is 280 g/mol. The Bertz CT molecular complexity index is 658. The van der Waals surface area contributed by atoms with Crippen LogP contribution in [0.5, 0.6) is 5.75 Å². The van der Waals surface area contributed by atoms with Crippen molar-refractivity contribution in [1.82, 2.24) is 4.98 Å². The minimum absolute atomic E-state index is 0.298. The molecule has 0 atom stereocenters. The summed E-state index contributed by atoms with van der Waals surface area (Å²) < 4.78 is 10.4. The molecule has 2 rings (SSSR count). The SMILES string of the molecule is CCOC(=O)c1cnc2c(Cl)ccc(OC)c2c1NC. The van der Waals surface area contributed by atoms with Crippen LogP contribution in [0, 0.1) is 0 Å². The molecule has 0 bridgehead atoms. The summed E-state index contributed by atoms with van der Waals surface area (Å²) in [6.07, 6.45) is 1.46. The predicted molar refractivity (Wildman–Crippen MR) is 78.8 cm³/mol. The van der Waals surface area contributed by atoms with Gasteiger partial charge >= 0.3 is 5.97 Å². The largest absolute Gasteiger partial charge is 0.496 e. The van der Waals surface area contributed by atoms with E-state index in [9.17, 15) is 4.79 Å². The van der Waals surface area contributed by atoms with Crippen molar-refractivity contribution in [3.8, 4) is 5.75 Å². The lowest BCUT2D eigenvalue weighted by Crippen LogP contribution is -2.09. The van der Waals surface area contributed by atoms with Gasteiger partial charge in [0.1, 0.15) is 11.3 Å². The maximum atomic E-state index is 12.0. The molecule has 1 heterocycles. The lowest BCUT2D eigenvalue weighted by atomic mass is 10.1. The van der Waals surface area contributed by atoms with Gasteiger partial charge in [-0.25, -0.2) is 4.79 Å². The Balaban J connectivity index is 2.78. The van der Waals surface area contributed by atoms with Crippen LogP contribution >= 0.6 is 11.6 Å². The highest BCUT2D eigenvalue weighted by atomic mass is 35.5. The second-order valence-electron chi connectivity index (χ2n) is 3.99. The average Bonchev–Trinajstić information content (AvgIpc) is 2.46. The number of halogens is 1. The fourth-order valence-corrected chi connectivity index (χ4v) is 2.24. The van der Waals surface area contributed by atoms with Crippen LogP contribution < -0.4 is 10.1 Å². The van der Waals surface area contributed by atoms with E-state index in [2.05, 4.69) is 10.3 Å². The van der Waals surface area contributed by atoms with E-state index in [0.29, 0.717) is 39.5 Å². The average molecular weight is 295 g/mol. The van der Waals surface area contributed by atoms with Gasteiger partial charge in [0.25, 0.3) is 0 Å². The summed E-state index contributed by atoms with van der Waals surface area (Å²) in [6.45, 7) is 2.05. The third kappa shape index (κ3) is 2.36. The highest BCUT2D eigenvalue weighted by Crippen LogP contribution is 2.37. The van der Waals surface area contributed by atoms with Gasteiger partial charge in [0.2, 0.25) is 0 Å². The van der Waals surface area contributed by atoms with Gasteiger partial charge < -0.3 is 14.8 Å². The van der Waals surface area contributed by atoms with Crippen molar-refractivity contribution in [2.24, 2.45) is 0 Å². The van der Waals surface area contributed by atoms with E-state index in [4.69, 9.17) is 21.1 Å². The number of hydrogen-bond donors (Lipinski definition) is 1. The Morgan fingerprint density at radius 1 is 1.45 bits per heavy atom. The predicted octanol–water partition coefficient (Wildman–Crippen LogP) is 3.12. The molecule has 2 aromatic rings. The summed E-state index contributed by atoms with van der Waals surface area (Å²) in [6, 6.07) is 3.45. The van der Waals surface area contributed by atoms with Crippen molar-refractivity contribution in [3.05, 3.63) is 28.9 Å². The van der Waals surface area contributed by atoms with E-state index in [1.165, 1.54) is 6.20 Å². The van der Waals surface area contributed by atoms with Crippen LogP contribution in [0.15, 0.2) is 18.3 Å². The van der Waals surface area contributed by atoms with Gasteiger partial charge in [-0.3, -0.25) is 4.98 Å². The zero-order valence-corrected chi connectivity index (χ0v) is 12.2. The van der Waals surface area contributed by atoms with E-state index in [0.717, 1.165) is 0 Å². The number of rotatable bonds is 4. The number of fused-ring (bicyclic) bond motifs is 1. The van der Waals surface area contributed by atoms with Crippen molar-refractivity contribution in [2.45, 2.75) is 6.92 Å². The number of ether oxygens (including phenoxy) is 2. The van der Waals surface area contributed by atoms with E-state index >= 15 is 0 Å². The fraction of sp³-hybridized carbons (Fsp3) is 0.286. The molecule has 1 aromatic heterocycles. The van der Waals surface area contributed by atoms with E-state index in [-0.39, 0.29) is 0 Å². The van der Waals surface area contributed by atoms with Gasteiger partial charge in [-0.05, 0) is 19.1 Å². The van der Waals surface area contributed by atoms with Gasteiger partial charge in [-0.1, -0.05) is 11.6 Å². The molecule has 0 aliphatic heterocycles. The molecule has 6 heteroatoms. The Labute approximate surface area is 121 Å². The number of hydrogen-bond acceptors (Lipinski definition) is 5. The maximum absolute atomic E-state index is 12.0. The second kappa shape index (κ2) is 5.96. The third-order valence-corrected chi connectivity index (χ3v) is 3.20. The number of carbonyl (C=O) groups is 1. The number of benzene rings is 1. The monoisotopic (exact) mass is 294 g/mol. The number of aromatic nitrogens is 1. The summed E-state index contributed by atoms with van der Waals surface area (Å²) in [4.78, 5) is 16.2. The van der Waals surface area contributed by atoms with Crippen molar-refractivity contribution >= 4 is 34.2 Å². The van der Waals surface area contributed by atoms with Crippen LogP contribution in [0.4, 0.5) is 5.69 Å². The molecular formula is C14H15ClN2O3. The first kappa shape index (κ1) is 14.4. The standard InChI is InChI=1S/C14H15ClN2O3/c1-4-20-14(18)8-7-17-13-9(15)5-6-10(19-3)11(13)12(8)16-2/h5-7H,4H2,1-3H3,(H,16,17). The van der Waals surface area contributed by atoms with Crippen LogP contribution in [0.2, 0.25) is 5.02 Å². The van der Waals surface area contributed by atoms with Crippen LogP contribution in [0.25, 0.3) is 10.9 Å². The number of nitrogens with zero attached hydrogens (tertiary/aromatic N) is 1.